The van der Waals surface area contributed by atoms with Gasteiger partial charge in [-0.1, -0.05) is 0 Å². The minimum atomic E-state index is -3.93. The van der Waals surface area contributed by atoms with Crippen molar-refractivity contribution in [2.45, 2.75) is 20.3 Å². The molecule has 0 aliphatic carbocycles. The van der Waals surface area contributed by atoms with Crippen molar-refractivity contribution in [1.82, 2.24) is 4.98 Å². The Hall–Kier alpha value is 0.410. The molecule has 0 fully saturated rings. The van der Waals surface area contributed by atoms with E-state index in [4.69, 9.17) is 4.55 Å². The standard InChI is InChI=1S/C9H13NO3S2.Na/c1-7-5-8(2)10-9(6-7)3-4-14-15(11,12)13;/h5-6H,3-4H2,1-2H3,(H,11,12,13);. The quantitative estimate of drug-likeness (QED) is 0.509. The molecule has 0 amide bonds. The minimum Gasteiger partial charge on any atom is -0.277 e. The summed E-state index contributed by atoms with van der Waals surface area (Å²) in [6.45, 7) is 3.86. The van der Waals surface area contributed by atoms with E-state index in [1.54, 1.807) is 0 Å². The van der Waals surface area contributed by atoms with E-state index < -0.39 is 9.15 Å². The number of aromatic nitrogens is 1. The Morgan fingerprint density at radius 3 is 2.50 bits per heavy atom. The summed E-state index contributed by atoms with van der Waals surface area (Å²) in [7, 11) is -3.40. The van der Waals surface area contributed by atoms with Crippen LogP contribution in [0.2, 0.25) is 0 Å². The minimum absolute atomic E-state index is 0. The summed E-state index contributed by atoms with van der Waals surface area (Å²) in [6, 6.07) is 3.87. The van der Waals surface area contributed by atoms with Crippen LogP contribution in [0.4, 0.5) is 0 Å². The van der Waals surface area contributed by atoms with E-state index in [1.807, 2.05) is 26.0 Å². The Morgan fingerprint density at radius 1 is 1.38 bits per heavy atom. The van der Waals surface area contributed by atoms with Crippen molar-refractivity contribution in [3.8, 4) is 0 Å². The van der Waals surface area contributed by atoms with E-state index in [1.165, 1.54) is 0 Å². The first-order valence-corrected chi connectivity index (χ1v) is 7.37. The second-order valence-corrected chi connectivity index (χ2v) is 6.75. The number of aryl methyl sites for hydroxylation is 3. The van der Waals surface area contributed by atoms with Crippen LogP contribution < -0.4 is 0 Å². The molecule has 0 aliphatic heterocycles. The molecule has 0 atom stereocenters. The fourth-order valence-electron chi connectivity index (χ4n) is 1.30. The van der Waals surface area contributed by atoms with E-state index in [9.17, 15) is 8.42 Å². The fraction of sp³-hybridized carbons (Fsp3) is 0.444. The van der Waals surface area contributed by atoms with Crippen molar-refractivity contribution >= 4 is 49.5 Å². The Balaban J connectivity index is 0.00000225. The monoisotopic (exact) mass is 270 g/mol. The summed E-state index contributed by atoms with van der Waals surface area (Å²) >= 11 is 0. The molecule has 0 spiro atoms. The average molecular weight is 270 g/mol. The van der Waals surface area contributed by atoms with Gasteiger partial charge in [-0.3, -0.25) is 9.54 Å². The number of nitrogens with zero attached hydrogens (tertiary/aromatic N) is 1. The molecular weight excluding hydrogens is 257 g/mol. The van der Waals surface area contributed by atoms with Gasteiger partial charge in [0.25, 0.3) is 0 Å². The fourth-order valence-corrected chi connectivity index (χ4v) is 2.69. The molecule has 1 aromatic rings. The Bertz CT molecular complexity index is 428. The van der Waals surface area contributed by atoms with E-state index in [2.05, 4.69) is 4.98 Å². The van der Waals surface area contributed by atoms with E-state index in [-0.39, 0.29) is 29.6 Å². The molecule has 16 heavy (non-hydrogen) atoms. The SMILES string of the molecule is Cc1cc(C)nc(CCSS(=O)(=O)O)c1.[Na]. The van der Waals surface area contributed by atoms with Gasteiger partial charge in [-0.15, -0.1) is 0 Å². The second-order valence-electron chi connectivity index (χ2n) is 3.28. The predicted octanol–water partition coefficient (Wildman–Crippen LogP) is 1.40. The van der Waals surface area contributed by atoms with Crippen LogP contribution in [0.25, 0.3) is 0 Å². The van der Waals surface area contributed by atoms with Crippen LogP contribution in [-0.4, -0.2) is 53.3 Å². The summed E-state index contributed by atoms with van der Waals surface area (Å²) in [6.07, 6.45) is 0.535. The first kappa shape index (κ1) is 16.4. The Kier molecular flexibility index (Phi) is 7.16. The van der Waals surface area contributed by atoms with Gasteiger partial charge in [-0.25, -0.2) is 0 Å². The van der Waals surface area contributed by atoms with Gasteiger partial charge >= 0.3 is 9.15 Å². The average Bonchev–Trinajstić information content (AvgIpc) is 1.99. The largest absolute Gasteiger partial charge is 0.319 e. The third-order valence-electron chi connectivity index (χ3n) is 1.74. The summed E-state index contributed by atoms with van der Waals surface area (Å²) in [5.74, 6) is 0.314. The first-order valence-electron chi connectivity index (χ1n) is 4.43. The molecule has 0 saturated carbocycles. The number of hydrogen-bond acceptors (Lipinski definition) is 4. The van der Waals surface area contributed by atoms with Crippen molar-refractivity contribution in [1.29, 1.82) is 0 Å². The van der Waals surface area contributed by atoms with Crippen LogP contribution in [0.5, 0.6) is 0 Å². The van der Waals surface area contributed by atoms with Crippen molar-refractivity contribution in [3.63, 3.8) is 0 Å². The van der Waals surface area contributed by atoms with Crippen molar-refractivity contribution < 1.29 is 13.0 Å². The molecule has 1 radical (unpaired) electrons. The second kappa shape index (κ2) is 6.98. The summed E-state index contributed by atoms with van der Waals surface area (Å²) in [5.41, 5.74) is 2.87. The topological polar surface area (TPSA) is 67.3 Å². The maximum absolute atomic E-state index is 10.5. The van der Waals surface area contributed by atoms with Gasteiger partial charge in [-0.05, 0) is 48.8 Å². The number of rotatable bonds is 4. The molecule has 85 valence electrons. The number of hydrogen-bond donors (Lipinski definition) is 1. The van der Waals surface area contributed by atoms with Crippen molar-refractivity contribution in [2.75, 3.05) is 5.75 Å². The van der Waals surface area contributed by atoms with Gasteiger partial charge in [-0.2, -0.15) is 8.42 Å². The Labute approximate surface area is 122 Å². The van der Waals surface area contributed by atoms with Gasteiger partial charge in [0.15, 0.2) is 0 Å². The third-order valence-corrected chi connectivity index (χ3v) is 3.80. The summed E-state index contributed by atoms with van der Waals surface area (Å²) < 4.78 is 29.4. The van der Waals surface area contributed by atoms with Gasteiger partial charge in [0.1, 0.15) is 0 Å². The zero-order valence-electron chi connectivity index (χ0n) is 9.60. The smallest absolute Gasteiger partial charge is 0.277 e. The molecular formula is C9H13NNaO3S2. The molecule has 1 heterocycles. The molecule has 1 rings (SSSR count). The van der Waals surface area contributed by atoms with Crippen LogP contribution in [0.1, 0.15) is 17.0 Å². The molecule has 0 aromatic carbocycles. The zero-order chi connectivity index (χ0) is 11.5. The maximum atomic E-state index is 10.5. The first-order chi connectivity index (χ1) is 6.87. The van der Waals surface area contributed by atoms with Gasteiger partial charge in [0, 0.05) is 46.7 Å². The van der Waals surface area contributed by atoms with Crippen LogP contribution in [0, 0.1) is 13.8 Å². The molecule has 0 unspecified atom stereocenters. The zero-order valence-corrected chi connectivity index (χ0v) is 13.2. The number of pyridine rings is 1. The van der Waals surface area contributed by atoms with Crippen molar-refractivity contribution in [2.24, 2.45) is 0 Å². The summed E-state index contributed by atoms with van der Waals surface area (Å²) in [5, 5.41) is 0. The van der Waals surface area contributed by atoms with Crippen LogP contribution in [-0.2, 0) is 15.6 Å². The van der Waals surface area contributed by atoms with E-state index >= 15 is 0 Å². The predicted molar refractivity (Wildman–Crippen MR) is 67.2 cm³/mol. The van der Waals surface area contributed by atoms with Gasteiger partial charge in [0.2, 0.25) is 0 Å². The molecule has 1 aromatic heterocycles. The van der Waals surface area contributed by atoms with E-state index in [0.29, 0.717) is 23.0 Å². The molecule has 0 bridgehead atoms. The molecule has 0 aliphatic rings. The Morgan fingerprint density at radius 2 is 2.00 bits per heavy atom. The molecule has 7 heteroatoms. The van der Waals surface area contributed by atoms with Crippen molar-refractivity contribution in [3.05, 3.63) is 29.1 Å². The third kappa shape index (κ3) is 6.88. The van der Waals surface area contributed by atoms with Crippen LogP contribution >= 0.6 is 10.8 Å². The molecule has 1 N–H and O–H groups in total. The van der Waals surface area contributed by atoms with Crippen LogP contribution in [0.3, 0.4) is 0 Å². The van der Waals surface area contributed by atoms with Gasteiger partial charge < -0.3 is 0 Å². The summed E-state index contributed by atoms with van der Waals surface area (Å²) in [4.78, 5) is 4.26. The molecule has 4 nitrogen and oxygen atoms in total. The van der Waals surface area contributed by atoms with E-state index in [0.717, 1.165) is 17.0 Å². The van der Waals surface area contributed by atoms with Crippen LogP contribution in [0.15, 0.2) is 12.1 Å². The molecule has 0 saturated heterocycles. The maximum Gasteiger partial charge on any atom is 0.319 e. The normalized spacial score (nSPS) is 10.9. The van der Waals surface area contributed by atoms with Gasteiger partial charge in [0.05, 0.1) is 0 Å².